The molecule has 0 saturated carbocycles. The first-order valence-corrected chi connectivity index (χ1v) is 14.8. The number of benzene rings is 5. The lowest BCUT2D eigenvalue weighted by Crippen LogP contribution is -2.42. The molecule has 2 aliphatic heterocycles. The summed E-state index contributed by atoms with van der Waals surface area (Å²) in [6.45, 7) is 0. The summed E-state index contributed by atoms with van der Waals surface area (Å²) in [6.07, 6.45) is 1.52. The van der Waals surface area contributed by atoms with Crippen LogP contribution in [0.2, 0.25) is 0 Å². The van der Waals surface area contributed by atoms with Crippen molar-refractivity contribution in [2.45, 2.75) is 24.2 Å². The summed E-state index contributed by atoms with van der Waals surface area (Å²) in [5, 5.41) is 2.41. The Balaban J connectivity index is 1.47. The highest BCUT2D eigenvalue weighted by molar-refractivity contribution is 5.94. The molecular weight excluding hydrogens is 530 g/mol. The van der Waals surface area contributed by atoms with Crippen molar-refractivity contribution >= 4 is 22.6 Å². The third kappa shape index (κ3) is 4.53. The molecule has 0 spiro atoms. The predicted molar refractivity (Wildman–Crippen MR) is 173 cm³/mol. The van der Waals surface area contributed by atoms with E-state index in [9.17, 15) is 4.79 Å². The summed E-state index contributed by atoms with van der Waals surface area (Å²) >= 11 is 0. The number of nitrogens with zero attached hydrogens (tertiary/aromatic N) is 3. The minimum atomic E-state index is -0.399. The standard InChI is InChI=1S/C38H35N3O2/c1-39-35(27-16-6-4-7-17-27)36(28-18-8-5-9-19-28)40(2)37(39)32-25-41(38(42)43-3)33-24-13-12-22-31(33)34(32)30-23-14-20-26-15-10-11-21-29(26)30/h4-25,34-37H,1-3H3/t34-,35-,36-/m0/s1. The lowest BCUT2D eigenvalue weighted by Gasteiger charge is -2.40. The van der Waals surface area contributed by atoms with Gasteiger partial charge in [-0.05, 0) is 58.8 Å². The maximum Gasteiger partial charge on any atom is 0.418 e. The highest BCUT2D eigenvalue weighted by atomic mass is 16.5. The van der Waals surface area contributed by atoms with Crippen LogP contribution in [0, 0.1) is 0 Å². The van der Waals surface area contributed by atoms with E-state index in [0.717, 1.165) is 16.8 Å². The highest BCUT2D eigenvalue weighted by Crippen LogP contribution is 2.52. The van der Waals surface area contributed by atoms with Crippen molar-refractivity contribution in [2.24, 2.45) is 0 Å². The Morgan fingerprint density at radius 2 is 1.16 bits per heavy atom. The van der Waals surface area contributed by atoms with Gasteiger partial charge < -0.3 is 4.74 Å². The summed E-state index contributed by atoms with van der Waals surface area (Å²) in [5.41, 5.74) is 6.81. The number of likely N-dealkylation sites (N-methyl/N-ethyl adjacent to an activating group) is 2. The predicted octanol–water partition coefficient (Wildman–Crippen LogP) is 8.13. The van der Waals surface area contributed by atoms with Gasteiger partial charge in [-0.3, -0.25) is 14.7 Å². The number of para-hydroxylation sites is 1. The van der Waals surface area contributed by atoms with Gasteiger partial charge in [-0.1, -0.05) is 121 Å². The Kier molecular flexibility index (Phi) is 7.05. The van der Waals surface area contributed by atoms with Gasteiger partial charge >= 0.3 is 6.09 Å². The van der Waals surface area contributed by atoms with Crippen LogP contribution < -0.4 is 4.90 Å². The average molecular weight is 566 g/mol. The van der Waals surface area contributed by atoms with Crippen LogP contribution >= 0.6 is 0 Å². The lowest BCUT2D eigenvalue weighted by molar-refractivity contribution is 0.178. The Labute approximate surface area is 253 Å². The molecule has 0 radical (unpaired) electrons. The van der Waals surface area contributed by atoms with Crippen molar-refractivity contribution in [3.63, 3.8) is 0 Å². The molecule has 0 unspecified atom stereocenters. The zero-order valence-electron chi connectivity index (χ0n) is 24.7. The van der Waals surface area contributed by atoms with Gasteiger partial charge in [-0.15, -0.1) is 0 Å². The SMILES string of the molecule is COC(=O)N1C=C(C2N(C)[C@@H](c3ccccc3)[C@H](c3ccccc3)N2C)[C@@H](c2cccc3ccccc23)c2ccccc21. The lowest BCUT2D eigenvalue weighted by atomic mass is 9.78. The van der Waals surface area contributed by atoms with Gasteiger partial charge in [0.2, 0.25) is 0 Å². The van der Waals surface area contributed by atoms with Gasteiger partial charge in [-0.2, -0.15) is 0 Å². The fourth-order valence-electron chi connectivity index (χ4n) is 7.38. The maximum atomic E-state index is 13.3. The molecule has 0 aromatic heterocycles. The van der Waals surface area contributed by atoms with E-state index in [2.05, 4.69) is 139 Å². The van der Waals surface area contributed by atoms with Crippen molar-refractivity contribution in [2.75, 3.05) is 26.1 Å². The van der Waals surface area contributed by atoms with Crippen LogP contribution in [-0.4, -0.2) is 43.3 Å². The van der Waals surface area contributed by atoms with Crippen molar-refractivity contribution in [3.05, 3.63) is 161 Å². The number of amides is 1. The quantitative estimate of drug-likeness (QED) is 0.220. The summed E-state index contributed by atoms with van der Waals surface area (Å²) in [7, 11) is 5.87. The van der Waals surface area contributed by atoms with Crippen LogP contribution in [0.15, 0.2) is 139 Å². The molecule has 5 aromatic carbocycles. The number of anilines is 1. The molecule has 5 aromatic rings. The number of hydrogen-bond donors (Lipinski definition) is 0. The molecule has 1 fully saturated rings. The van der Waals surface area contributed by atoms with Gasteiger partial charge in [0, 0.05) is 12.1 Å². The normalized spacial score (nSPS) is 21.0. The van der Waals surface area contributed by atoms with Crippen LogP contribution in [-0.2, 0) is 4.74 Å². The Morgan fingerprint density at radius 3 is 1.81 bits per heavy atom. The Bertz CT molecular complexity index is 1750. The van der Waals surface area contributed by atoms with Gasteiger partial charge in [0.05, 0.1) is 31.0 Å². The fraction of sp³-hybridized carbons (Fsp3) is 0.184. The highest BCUT2D eigenvalue weighted by Gasteiger charge is 2.49. The molecule has 5 heteroatoms. The third-order valence-electron chi connectivity index (χ3n) is 9.15. The molecule has 7 rings (SSSR count). The molecule has 43 heavy (non-hydrogen) atoms. The van der Waals surface area contributed by atoms with E-state index in [1.807, 2.05) is 18.3 Å². The van der Waals surface area contributed by atoms with E-state index in [-0.39, 0.29) is 24.2 Å². The molecule has 214 valence electrons. The molecule has 2 aliphatic rings. The summed E-state index contributed by atoms with van der Waals surface area (Å²) in [5.74, 6) is -0.0796. The largest absolute Gasteiger partial charge is 0.452 e. The zero-order valence-corrected chi connectivity index (χ0v) is 24.7. The van der Waals surface area contributed by atoms with Crippen LogP contribution in [0.4, 0.5) is 10.5 Å². The van der Waals surface area contributed by atoms with E-state index < -0.39 is 6.09 Å². The molecule has 0 bridgehead atoms. The van der Waals surface area contributed by atoms with Crippen molar-refractivity contribution in [3.8, 4) is 0 Å². The second kappa shape index (κ2) is 11.2. The summed E-state index contributed by atoms with van der Waals surface area (Å²) in [6, 6.07) is 45.0. The molecule has 2 heterocycles. The monoisotopic (exact) mass is 565 g/mol. The topological polar surface area (TPSA) is 36.0 Å². The smallest absolute Gasteiger partial charge is 0.418 e. The zero-order chi connectivity index (χ0) is 29.5. The van der Waals surface area contributed by atoms with Crippen molar-refractivity contribution in [1.29, 1.82) is 0 Å². The molecule has 0 aliphatic carbocycles. The number of hydrogen-bond acceptors (Lipinski definition) is 4. The first kappa shape index (κ1) is 27.1. The van der Waals surface area contributed by atoms with E-state index in [4.69, 9.17) is 4.74 Å². The minimum Gasteiger partial charge on any atom is -0.452 e. The third-order valence-corrected chi connectivity index (χ3v) is 9.15. The van der Waals surface area contributed by atoms with E-state index in [0.29, 0.717) is 0 Å². The second-order valence-electron chi connectivity index (χ2n) is 11.4. The number of ether oxygens (including phenoxy) is 1. The number of carbonyl (C=O) groups is 1. The number of carbonyl (C=O) groups excluding carboxylic acids is 1. The van der Waals surface area contributed by atoms with Gasteiger partial charge in [0.25, 0.3) is 0 Å². The van der Waals surface area contributed by atoms with Crippen LogP contribution in [0.25, 0.3) is 10.8 Å². The Hall–Kier alpha value is -4.71. The molecule has 5 nitrogen and oxygen atoms in total. The number of rotatable bonds is 4. The molecule has 1 saturated heterocycles. The first-order chi connectivity index (χ1) is 21.1. The van der Waals surface area contributed by atoms with Gasteiger partial charge in [0.1, 0.15) is 0 Å². The second-order valence-corrected chi connectivity index (χ2v) is 11.4. The maximum absolute atomic E-state index is 13.3. The van der Waals surface area contributed by atoms with Gasteiger partial charge in [0.15, 0.2) is 0 Å². The van der Waals surface area contributed by atoms with Crippen molar-refractivity contribution in [1.82, 2.24) is 9.80 Å². The van der Waals surface area contributed by atoms with E-state index in [1.54, 1.807) is 4.90 Å². The molecule has 0 N–H and O–H groups in total. The average Bonchev–Trinajstić information content (AvgIpc) is 3.33. The van der Waals surface area contributed by atoms with E-state index in [1.165, 1.54) is 34.6 Å². The molecule has 1 amide bonds. The number of methoxy groups -OCH3 is 1. The summed E-state index contributed by atoms with van der Waals surface area (Å²) < 4.78 is 5.32. The number of fused-ring (bicyclic) bond motifs is 2. The van der Waals surface area contributed by atoms with E-state index >= 15 is 0 Å². The van der Waals surface area contributed by atoms with Crippen molar-refractivity contribution < 1.29 is 9.53 Å². The molecule has 3 atom stereocenters. The van der Waals surface area contributed by atoms with Crippen LogP contribution in [0.1, 0.15) is 40.3 Å². The van der Waals surface area contributed by atoms with Crippen LogP contribution in [0.5, 0.6) is 0 Å². The summed E-state index contributed by atoms with van der Waals surface area (Å²) in [4.78, 5) is 19.9. The molecular formula is C38H35N3O2. The fourth-order valence-corrected chi connectivity index (χ4v) is 7.38. The van der Waals surface area contributed by atoms with Gasteiger partial charge in [-0.25, -0.2) is 4.79 Å². The Morgan fingerprint density at radius 1 is 0.628 bits per heavy atom. The first-order valence-electron chi connectivity index (χ1n) is 14.8. The van der Waals surface area contributed by atoms with Crippen LogP contribution in [0.3, 0.4) is 0 Å². The minimum absolute atomic E-state index is 0.0796.